The van der Waals surface area contributed by atoms with Crippen LogP contribution in [0.5, 0.6) is 0 Å². The van der Waals surface area contributed by atoms with E-state index < -0.39 is 11.0 Å². The van der Waals surface area contributed by atoms with E-state index >= 15 is 0 Å². The summed E-state index contributed by atoms with van der Waals surface area (Å²) in [5.41, 5.74) is 0.963. The summed E-state index contributed by atoms with van der Waals surface area (Å²) in [4.78, 5) is 41.2. The number of aromatic nitrogens is 2. The Morgan fingerprint density at radius 1 is 1.33 bits per heavy atom. The molecule has 3 rings (SSSR count). The van der Waals surface area contributed by atoms with Gasteiger partial charge in [0.2, 0.25) is 0 Å². The molecule has 0 atom stereocenters. The Morgan fingerprint density at radius 2 is 2.04 bits per heavy atom. The molecule has 2 heterocycles. The number of carbonyl (C=O) groups is 2. The average molecular weight is 373 g/mol. The van der Waals surface area contributed by atoms with Crippen molar-refractivity contribution < 1.29 is 19.6 Å². The molecule has 0 radical (unpaired) electrons. The summed E-state index contributed by atoms with van der Waals surface area (Å²) in [6.07, 6.45) is 3.10. The first-order valence-corrected chi connectivity index (χ1v) is 8.40. The van der Waals surface area contributed by atoms with E-state index in [9.17, 15) is 19.7 Å². The smallest absolute Gasteiger partial charge is 0.407 e. The molecular formula is C17H19N5O5. The molecule has 1 aromatic heterocycles. The predicted molar refractivity (Wildman–Crippen MR) is 95.5 cm³/mol. The minimum Gasteiger partial charge on any atom is -0.465 e. The van der Waals surface area contributed by atoms with Crippen molar-refractivity contribution in [1.29, 1.82) is 0 Å². The fourth-order valence-corrected chi connectivity index (χ4v) is 3.14. The van der Waals surface area contributed by atoms with E-state index in [4.69, 9.17) is 5.11 Å². The molecule has 10 heteroatoms. The van der Waals surface area contributed by atoms with Gasteiger partial charge in [0, 0.05) is 50.1 Å². The second-order valence-corrected chi connectivity index (χ2v) is 6.37. The maximum atomic E-state index is 12.7. The lowest BCUT2D eigenvalue weighted by atomic mass is 10.0. The molecule has 1 fully saturated rings. The molecule has 27 heavy (non-hydrogen) atoms. The molecule has 142 valence electrons. The van der Waals surface area contributed by atoms with Crippen LogP contribution < -0.4 is 0 Å². The maximum absolute atomic E-state index is 12.7. The normalized spacial score (nSPS) is 14.8. The summed E-state index contributed by atoms with van der Waals surface area (Å²) in [5.74, 6) is 0. The van der Waals surface area contributed by atoms with Gasteiger partial charge < -0.3 is 14.9 Å². The van der Waals surface area contributed by atoms with Crippen LogP contribution in [0.2, 0.25) is 0 Å². The Hall–Kier alpha value is -3.43. The predicted octanol–water partition coefficient (Wildman–Crippen LogP) is 2.50. The minimum atomic E-state index is -0.946. The van der Waals surface area contributed by atoms with Gasteiger partial charge >= 0.3 is 12.1 Å². The third-order valence-electron chi connectivity index (χ3n) is 4.74. The van der Waals surface area contributed by atoms with Crippen LogP contribution >= 0.6 is 0 Å². The standard InChI is InChI=1S/C17H19N5O5/c1-19(13-5-7-20(8-6-13)17(24)25)16(23)21-10-15(18-11-21)12-3-2-4-14(9-12)22(26)27/h2-4,9-11,13H,5-8H2,1H3,(H,24,25). The summed E-state index contributed by atoms with van der Waals surface area (Å²) in [6, 6.07) is 5.71. The highest BCUT2D eigenvalue weighted by Gasteiger charge is 2.28. The number of hydrogen-bond donors (Lipinski definition) is 1. The third-order valence-corrected chi connectivity index (χ3v) is 4.74. The second kappa shape index (κ2) is 7.44. The van der Waals surface area contributed by atoms with E-state index in [0.717, 1.165) is 0 Å². The second-order valence-electron chi connectivity index (χ2n) is 6.37. The van der Waals surface area contributed by atoms with Gasteiger partial charge in [-0.3, -0.25) is 14.7 Å². The number of benzene rings is 1. The molecule has 0 bridgehead atoms. The summed E-state index contributed by atoms with van der Waals surface area (Å²) in [6.45, 7) is 0.779. The molecular weight excluding hydrogens is 354 g/mol. The molecule has 1 aliphatic rings. The molecule has 0 aliphatic carbocycles. The van der Waals surface area contributed by atoms with Crippen molar-refractivity contribution in [2.24, 2.45) is 0 Å². The van der Waals surface area contributed by atoms with E-state index in [1.165, 1.54) is 34.1 Å². The number of rotatable bonds is 3. The van der Waals surface area contributed by atoms with Crippen LogP contribution in [-0.4, -0.2) is 67.7 Å². The summed E-state index contributed by atoms with van der Waals surface area (Å²) < 4.78 is 1.33. The number of hydrogen-bond acceptors (Lipinski definition) is 5. The van der Waals surface area contributed by atoms with Crippen LogP contribution in [0.3, 0.4) is 0 Å². The van der Waals surface area contributed by atoms with Crippen molar-refractivity contribution in [3.05, 3.63) is 46.9 Å². The van der Waals surface area contributed by atoms with Crippen LogP contribution in [-0.2, 0) is 0 Å². The zero-order chi connectivity index (χ0) is 19.6. The lowest BCUT2D eigenvalue weighted by Crippen LogP contribution is -2.47. The molecule has 1 saturated heterocycles. The van der Waals surface area contributed by atoms with Gasteiger partial charge in [0.25, 0.3) is 5.69 Å². The zero-order valence-electron chi connectivity index (χ0n) is 14.7. The van der Waals surface area contributed by atoms with Gasteiger partial charge in [0.1, 0.15) is 6.33 Å². The summed E-state index contributed by atoms with van der Waals surface area (Å²) in [7, 11) is 1.68. The Kier molecular flexibility index (Phi) is 5.06. The number of amides is 2. The van der Waals surface area contributed by atoms with Gasteiger partial charge in [-0.25, -0.2) is 14.6 Å². The van der Waals surface area contributed by atoms with Gasteiger partial charge in [-0.05, 0) is 12.8 Å². The number of carboxylic acid groups (broad SMARTS) is 1. The Bertz CT molecular complexity index is 872. The van der Waals surface area contributed by atoms with Crippen molar-refractivity contribution in [1.82, 2.24) is 19.4 Å². The largest absolute Gasteiger partial charge is 0.465 e. The monoisotopic (exact) mass is 373 g/mol. The lowest BCUT2D eigenvalue weighted by Gasteiger charge is -2.35. The van der Waals surface area contributed by atoms with Gasteiger partial charge in [-0.15, -0.1) is 0 Å². The number of non-ortho nitro benzene ring substituents is 1. The van der Waals surface area contributed by atoms with Crippen LogP contribution in [0.15, 0.2) is 36.8 Å². The lowest BCUT2D eigenvalue weighted by molar-refractivity contribution is -0.384. The average Bonchev–Trinajstić information content (AvgIpc) is 3.17. The van der Waals surface area contributed by atoms with E-state index in [0.29, 0.717) is 37.2 Å². The van der Waals surface area contributed by atoms with E-state index in [1.54, 1.807) is 24.1 Å². The fourth-order valence-electron chi connectivity index (χ4n) is 3.14. The Morgan fingerprint density at radius 3 is 2.67 bits per heavy atom. The third kappa shape index (κ3) is 3.89. The van der Waals surface area contributed by atoms with E-state index in [-0.39, 0.29) is 17.8 Å². The maximum Gasteiger partial charge on any atom is 0.407 e. The summed E-state index contributed by atoms with van der Waals surface area (Å²) >= 11 is 0. The first-order valence-electron chi connectivity index (χ1n) is 8.40. The van der Waals surface area contributed by atoms with E-state index in [2.05, 4.69) is 4.98 Å². The number of nitro groups is 1. The highest BCUT2D eigenvalue weighted by Crippen LogP contribution is 2.23. The highest BCUT2D eigenvalue weighted by molar-refractivity contribution is 5.78. The van der Waals surface area contributed by atoms with Gasteiger partial charge in [-0.1, -0.05) is 12.1 Å². The Labute approximate surface area is 154 Å². The van der Waals surface area contributed by atoms with E-state index in [1.807, 2.05) is 0 Å². The molecule has 1 N–H and O–H groups in total. The number of piperidine rings is 1. The van der Waals surface area contributed by atoms with Crippen molar-refractivity contribution in [3.8, 4) is 11.3 Å². The Balaban J connectivity index is 1.71. The number of carbonyl (C=O) groups excluding carboxylic acids is 1. The van der Waals surface area contributed by atoms with Gasteiger partial charge in [0.05, 0.1) is 10.6 Å². The molecule has 0 saturated carbocycles. The number of nitro benzene ring substituents is 1. The van der Waals surface area contributed by atoms with Crippen molar-refractivity contribution in [2.45, 2.75) is 18.9 Å². The highest BCUT2D eigenvalue weighted by atomic mass is 16.6. The number of nitrogens with zero attached hydrogens (tertiary/aromatic N) is 5. The zero-order valence-corrected chi connectivity index (χ0v) is 14.7. The van der Waals surface area contributed by atoms with Crippen LogP contribution in [0.25, 0.3) is 11.3 Å². The SMILES string of the molecule is CN(C(=O)n1cnc(-c2cccc([N+](=O)[O-])c2)c1)C1CCN(C(=O)O)CC1. The van der Waals surface area contributed by atoms with Crippen LogP contribution in [0, 0.1) is 10.1 Å². The molecule has 1 aliphatic heterocycles. The number of imidazole rings is 1. The first-order chi connectivity index (χ1) is 12.9. The molecule has 2 aromatic rings. The summed E-state index contributed by atoms with van der Waals surface area (Å²) in [5, 5.41) is 19.9. The van der Waals surface area contributed by atoms with Gasteiger partial charge in [-0.2, -0.15) is 0 Å². The van der Waals surface area contributed by atoms with Gasteiger partial charge in [0.15, 0.2) is 0 Å². The molecule has 0 unspecified atom stereocenters. The first kappa shape index (κ1) is 18.4. The molecule has 2 amide bonds. The minimum absolute atomic E-state index is 0.0457. The number of likely N-dealkylation sites (tertiary alicyclic amines) is 1. The topological polar surface area (TPSA) is 122 Å². The van der Waals surface area contributed by atoms with Crippen molar-refractivity contribution in [3.63, 3.8) is 0 Å². The fraction of sp³-hybridized carbons (Fsp3) is 0.353. The van der Waals surface area contributed by atoms with Crippen LogP contribution in [0.1, 0.15) is 12.8 Å². The van der Waals surface area contributed by atoms with Crippen molar-refractivity contribution in [2.75, 3.05) is 20.1 Å². The quantitative estimate of drug-likeness (QED) is 0.651. The molecule has 10 nitrogen and oxygen atoms in total. The van der Waals surface area contributed by atoms with Crippen LogP contribution in [0.4, 0.5) is 15.3 Å². The molecule has 0 spiro atoms. The molecule has 1 aromatic carbocycles. The van der Waals surface area contributed by atoms with Crippen molar-refractivity contribution >= 4 is 17.8 Å².